The largest absolute Gasteiger partial charge is 0.477 e. The lowest BCUT2D eigenvalue weighted by atomic mass is 10.3. The van der Waals surface area contributed by atoms with Crippen LogP contribution in [0.5, 0.6) is 5.75 Å². The van der Waals surface area contributed by atoms with Gasteiger partial charge < -0.3 is 13.9 Å². The zero-order valence-corrected chi connectivity index (χ0v) is 15.4. The number of thiazole rings is 1. The highest BCUT2D eigenvalue weighted by atomic mass is 35.5. The Balaban J connectivity index is 1.55. The van der Waals surface area contributed by atoms with Crippen LogP contribution in [0.1, 0.15) is 12.6 Å². The lowest BCUT2D eigenvalue weighted by Crippen LogP contribution is -2.26. The zero-order valence-electron chi connectivity index (χ0n) is 13.1. The van der Waals surface area contributed by atoms with Crippen molar-refractivity contribution >= 4 is 40.5 Å². The van der Waals surface area contributed by atoms with E-state index in [-0.39, 0.29) is 6.61 Å². The molecule has 0 aliphatic rings. The molecule has 130 valence electrons. The van der Waals surface area contributed by atoms with E-state index in [1.54, 1.807) is 37.5 Å². The van der Waals surface area contributed by atoms with Crippen LogP contribution in [0.25, 0.3) is 10.8 Å². The van der Waals surface area contributed by atoms with E-state index in [2.05, 4.69) is 4.98 Å². The molecule has 0 spiro atoms. The molecule has 2 heterocycles. The minimum Gasteiger partial charge on any atom is -0.477 e. The summed E-state index contributed by atoms with van der Waals surface area (Å²) in [4.78, 5) is 16.4. The minimum absolute atomic E-state index is 0.0537. The van der Waals surface area contributed by atoms with E-state index in [1.807, 2.05) is 11.4 Å². The molecule has 1 atom stereocenters. The molecular formula is C17H13Cl2NO4S. The van der Waals surface area contributed by atoms with E-state index in [4.69, 9.17) is 37.1 Å². The van der Waals surface area contributed by atoms with Gasteiger partial charge in [-0.3, -0.25) is 0 Å². The van der Waals surface area contributed by atoms with Gasteiger partial charge in [0, 0.05) is 10.4 Å². The van der Waals surface area contributed by atoms with E-state index in [0.29, 0.717) is 27.2 Å². The third kappa shape index (κ3) is 4.54. The number of halogens is 2. The molecule has 1 unspecified atom stereocenters. The first-order chi connectivity index (χ1) is 12.0. The predicted octanol–water partition coefficient (Wildman–Crippen LogP) is 5.22. The van der Waals surface area contributed by atoms with Gasteiger partial charge in [0.15, 0.2) is 16.9 Å². The maximum absolute atomic E-state index is 12.1. The topological polar surface area (TPSA) is 61.6 Å². The zero-order chi connectivity index (χ0) is 17.8. The van der Waals surface area contributed by atoms with E-state index >= 15 is 0 Å². The van der Waals surface area contributed by atoms with Crippen LogP contribution in [0.4, 0.5) is 0 Å². The third-order valence-corrected chi connectivity index (χ3v) is 4.61. The number of esters is 1. The van der Waals surface area contributed by atoms with Gasteiger partial charge in [0.1, 0.15) is 12.4 Å². The number of carbonyl (C=O) groups excluding carboxylic acids is 1. The normalized spacial score (nSPS) is 12.0. The van der Waals surface area contributed by atoms with Gasteiger partial charge >= 0.3 is 5.97 Å². The Hall–Kier alpha value is -2.02. The number of nitrogens with zero attached hydrogens (tertiary/aromatic N) is 1. The van der Waals surface area contributed by atoms with Crippen LogP contribution >= 0.6 is 34.5 Å². The summed E-state index contributed by atoms with van der Waals surface area (Å²) in [7, 11) is 0. The van der Waals surface area contributed by atoms with Crippen LogP contribution in [-0.2, 0) is 16.1 Å². The summed E-state index contributed by atoms with van der Waals surface area (Å²) in [6.45, 7) is 1.64. The molecule has 8 heteroatoms. The quantitative estimate of drug-likeness (QED) is 0.533. The molecular weight excluding hydrogens is 385 g/mol. The van der Waals surface area contributed by atoms with Gasteiger partial charge in [-0.1, -0.05) is 23.2 Å². The Labute approximate surface area is 158 Å². The van der Waals surface area contributed by atoms with Gasteiger partial charge in [-0.2, -0.15) is 0 Å². The molecule has 0 saturated heterocycles. The van der Waals surface area contributed by atoms with Crippen molar-refractivity contribution in [3.63, 3.8) is 0 Å². The molecule has 0 saturated carbocycles. The fourth-order valence-electron chi connectivity index (χ4n) is 1.96. The molecule has 0 amide bonds. The summed E-state index contributed by atoms with van der Waals surface area (Å²) < 4.78 is 16.0. The Kier molecular flexibility index (Phi) is 5.63. The lowest BCUT2D eigenvalue weighted by molar-refractivity contribution is -0.152. The van der Waals surface area contributed by atoms with Crippen molar-refractivity contribution in [3.05, 3.63) is 57.7 Å². The first-order valence-corrected chi connectivity index (χ1v) is 8.93. The average molecular weight is 398 g/mol. The molecule has 1 aromatic carbocycles. The van der Waals surface area contributed by atoms with Gasteiger partial charge in [0.05, 0.1) is 17.0 Å². The predicted molar refractivity (Wildman–Crippen MR) is 96.2 cm³/mol. The van der Waals surface area contributed by atoms with Crippen LogP contribution in [0, 0.1) is 0 Å². The maximum Gasteiger partial charge on any atom is 0.347 e. The maximum atomic E-state index is 12.1. The van der Waals surface area contributed by atoms with E-state index in [9.17, 15) is 4.79 Å². The Bertz CT molecular complexity index is 863. The molecule has 0 aliphatic heterocycles. The number of carbonyl (C=O) groups is 1. The van der Waals surface area contributed by atoms with Crippen molar-refractivity contribution < 1.29 is 18.7 Å². The number of hydrogen-bond acceptors (Lipinski definition) is 6. The van der Waals surface area contributed by atoms with Gasteiger partial charge in [-0.25, -0.2) is 9.78 Å². The molecule has 0 fully saturated rings. The molecule has 0 aliphatic carbocycles. The minimum atomic E-state index is -0.818. The van der Waals surface area contributed by atoms with E-state index < -0.39 is 12.1 Å². The highest BCUT2D eigenvalue weighted by Gasteiger charge is 2.18. The summed E-state index contributed by atoms with van der Waals surface area (Å²) >= 11 is 13.3. The number of ether oxygens (including phenoxy) is 2. The third-order valence-electron chi connectivity index (χ3n) is 3.18. The van der Waals surface area contributed by atoms with Crippen molar-refractivity contribution in [2.45, 2.75) is 19.6 Å². The molecule has 2 aromatic heterocycles. The number of rotatable bonds is 6. The van der Waals surface area contributed by atoms with Crippen LogP contribution < -0.4 is 4.74 Å². The van der Waals surface area contributed by atoms with Crippen molar-refractivity contribution in [2.24, 2.45) is 0 Å². The second-order valence-corrected chi connectivity index (χ2v) is 6.77. The fraction of sp³-hybridized carbons (Fsp3) is 0.176. The van der Waals surface area contributed by atoms with Crippen molar-refractivity contribution in [2.75, 3.05) is 0 Å². The summed E-state index contributed by atoms with van der Waals surface area (Å²) in [6, 6.07) is 8.39. The molecule has 25 heavy (non-hydrogen) atoms. The van der Waals surface area contributed by atoms with E-state index in [0.717, 1.165) is 5.01 Å². The van der Waals surface area contributed by atoms with Crippen molar-refractivity contribution in [3.8, 4) is 16.5 Å². The Morgan fingerprint density at radius 3 is 2.92 bits per heavy atom. The van der Waals surface area contributed by atoms with Crippen LogP contribution in [0.15, 0.2) is 46.4 Å². The number of benzene rings is 1. The Morgan fingerprint density at radius 2 is 2.20 bits per heavy atom. The number of furan rings is 1. The van der Waals surface area contributed by atoms with Crippen molar-refractivity contribution in [1.29, 1.82) is 0 Å². The molecule has 0 radical (unpaired) electrons. The molecule has 0 bridgehead atoms. The van der Waals surface area contributed by atoms with Gasteiger partial charge in [-0.05, 0) is 37.3 Å². The monoisotopic (exact) mass is 397 g/mol. The molecule has 3 rings (SSSR count). The standard InChI is InChI=1S/C17H13Cl2NO4S/c1-10(24-14-5-4-11(18)7-13(14)19)17(21)23-8-12-9-25-16(20-12)15-3-2-6-22-15/h2-7,9-10H,8H2,1H3. The fourth-order valence-corrected chi connectivity index (χ4v) is 3.18. The smallest absolute Gasteiger partial charge is 0.347 e. The molecule has 3 aromatic rings. The number of hydrogen-bond donors (Lipinski definition) is 0. The second kappa shape index (κ2) is 7.91. The molecule has 5 nitrogen and oxygen atoms in total. The van der Waals surface area contributed by atoms with E-state index in [1.165, 1.54) is 11.3 Å². The van der Waals surface area contributed by atoms with Gasteiger partial charge in [0.25, 0.3) is 0 Å². The molecule has 0 N–H and O–H groups in total. The average Bonchev–Trinajstić information content (AvgIpc) is 3.26. The second-order valence-electron chi connectivity index (χ2n) is 5.06. The summed E-state index contributed by atoms with van der Waals surface area (Å²) in [5.41, 5.74) is 0.640. The lowest BCUT2D eigenvalue weighted by Gasteiger charge is -2.14. The van der Waals surface area contributed by atoms with Crippen LogP contribution in [0.3, 0.4) is 0 Å². The van der Waals surface area contributed by atoms with Crippen LogP contribution in [0.2, 0.25) is 10.0 Å². The first-order valence-electron chi connectivity index (χ1n) is 7.29. The summed E-state index contributed by atoms with van der Waals surface area (Å²) in [6.07, 6.45) is 0.763. The number of aromatic nitrogens is 1. The summed E-state index contributed by atoms with van der Waals surface area (Å²) in [5, 5.41) is 3.36. The highest BCUT2D eigenvalue weighted by molar-refractivity contribution is 7.13. The van der Waals surface area contributed by atoms with Gasteiger partial charge in [0.2, 0.25) is 0 Å². The van der Waals surface area contributed by atoms with Crippen LogP contribution in [-0.4, -0.2) is 17.1 Å². The van der Waals surface area contributed by atoms with Crippen molar-refractivity contribution in [1.82, 2.24) is 4.98 Å². The highest BCUT2D eigenvalue weighted by Crippen LogP contribution is 2.28. The summed E-state index contributed by atoms with van der Waals surface area (Å²) in [5.74, 6) is 0.527. The van der Waals surface area contributed by atoms with Gasteiger partial charge in [-0.15, -0.1) is 11.3 Å². The Morgan fingerprint density at radius 1 is 1.36 bits per heavy atom. The first kappa shape index (κ1) is 17.8. The SMILES string of the molecule is CC(Oc1ccc(Cl)cc1Cl)C(=O)OCc1csc(-c2ccco2)n1.